The number of aromatic carboxylic acids is 2. The number of carboxylic acid groups (broad SMARTS) is 2. The van der Waals surface area contributed by atoms with E-state index in [-0.39, 0.29) is 107 Å². The third-order valence-corrected chi connectivity index (χ3v) is 49.0. The first-order valence-corrected chi connectivity index (χ1v) is 59.2. The van der Waals surface area contributed by atoms with E-state index >= 15 is 0 Å². The summed E-state index contributed by atoms with van der Waals surface area (Å²) in [5.74, 6) is 10.7. The molecule has 15 aliphatic rings. The van der Waals surface area contributed by atoms with Crippen molar-refractivity contribution in [2.75, 3.05) is 88.9 Å². The second-order valence-corrected chi connectivity index (χ2v) is 57.4. The number of benzene rings is 3. The average Bonchev–Trinajstić information content (AvgIpc) is 1.64. The van der Waals surface area contributed by atoms with Crippen LogP contribution in [0.3, 0.4) is 0 Å². The zero-order chi connectivity index (χ0) is 108. The number of carbonyl (C=O) groups is 6. The summed E-state index contributed by atoms with van der Waals surface area (Å²) >= 11 is 0. The fourth-order valence-electron chi connectivity index (χ4n) is 41.4. The predicted molar refractivity (Wildman–Crippen MR) is 596 cm³/mol. The van der Waals surface area contributed by atoms with Gasteiger partial charge in [0.2, 0.25) is 5.88 Å². The molecule has 0 spiro atoms. The predicted octanol–water partition coefficient (Wildman–Crippen LogP) is 28.3. The second kappa shape index (κ2) is 42.8. The number of nitrogens with zero attached hydrogens (tertiary/aromatic N) is 4. The van der Waals surface area contributed by atoms with E-state index in [1.165, 1.54) is 171 Å². The Labute approximate surface area is 898 Å². The number of aromatic nitrogens is 1. The van der Waals surface area contributed by atoms with Gasteiger partial charge in [-0.2, -0.15) is 0 Å². The van der Waals surface area contributed by atoms with Gasteiger partial charge in [0.1, 0.15) is 13.2 Å². The van der Waals surface area contributed by atoms with Crippen molar-refractivity contribution in [1.29, 1.82) is 0 Å². The topological polar surface area (TPSA) is 259 Å². The fourth-order valence-corrected chi connectivity index (χ4v) is 41.4. The number of hydrogen-bond donors (Lipinski definition) is 6. The molecule has 1 unspecified atom stereocenters. The van der Waals surface area contributed by atoms with Gasteiger partial charge in [0, 0.05) is 48.5 Å². The summed E-state index contributed by atoms with van der Waals surface area (Å²) in [6.07, 6.45) is 37.0. The Hall–Kier alpha value is -7.13. The quantitative estimate of drug-likeness (QED) is 0.0335. The Bertz CT molecular complexity index is 5150. The van der Waals surface area contributed by atoms with E-state index in [1.54, 1.807) is 36.5 Å². The van der Waals surface area contributed by atoms with Gasteiger partial charge in [-0.15, -0.1) is 0 Å². The van der Waals surface area contributed by atoms with Crippen molar-refractivity contribution in [2.45, 2.75) is 372 Å². The first kappa shape index (κ1) is 114. The zero-order valence-corrected chi connectivity index (χ0v) is 97.5. The summed E-state index contributed by atoms with van der Waals surface area (Å²) in [4.78, 5) is 85.6. The Balaban J connectivity index is 0.000000155. The number of alkyl carbamates (subject to hydrolysis) is 2. The molecule has 4 aromatic rings. The number of likely N-dealkylation sites (N-methyl/N-ethyl adjacent to an activating group) is 3. The van der Waals surface area contributed by atoms with E-state index in [0.717, 1.165) is 64.6 Å². The monoisotopic (exact) mass is 2050 g/mol. The minimum atomic E-state index is -0.851. The highest BCUT2D eigenvalue weighted by Crippen LogP contribution is 2.83. The molecule has 0 saturated heterocycles. The molecule has 3 amide bonds. The van der Waals surface area contributed by atoms with Crippen molar-refractivity contribution in [3.63, 3.8) is 0 Å². The summed E-state index contributed by atoms with van der Waals surface area (Å²) < 4.78 is 22.2. The van der Waals surface area contributed by atoms with Crippen LogP contribution in [0.15, 0.2) is 97.2 Å². The van der Waals surface area contributed by atoms with Crippen LogP contribution in [-0.2, 0) is 14.2 Å². The average molecular weight is 2060 g/mol. The molecule has 6 N–H and O–H groups in total. The molecule has 0 radical (unpaired) electrons. The molecule has 1 heterocycles. The molecule has 15 saturated carbocycles. The minimum absolute atomic E-state index is 0.142. The number of esters is 1. The third-order valence-electron chi connectivity index (χ3n) is 49.0. The van der Waals surface area contributed by atoms with E-state index in [1.807, 2.05) is 71.5 Å². The number of hydrogen-bond acceptors (Lipinski definition) is 15. The maximum absolute atomic E-state index is 13.5. The second-order valence-electron chi connectivity index (χ2n) is 57.4. The van der Waals surface area contributed by atoms with Gasteiger partial charge in [0.05, 0.1) is 30.4 Å². The number of nitrogens with one attached hydrogen (secondary N) is 3. The number of ether oxygens (including phenoxy) is 4. The number of methoxy groups -OCH3 is 1. The molecular formula is C129H199N7O13. The Morgan fingerprint density at radius 3 is 0.926 bits per heavy atom. The van der Waals surface area contributed by atoms with Gasteiger partial charge in [-0.1, -0.05) is 188 Å². The fraction of sp³-hybridized carbons (Fsp3) is 0.775. The number of pyridine rings is 1. The molecule has 828 valence electrons. The normalized spacial score (nSPS) is 40.4. The van der Waals surface area contributed by atoms with E-state index in [4.69, 9.17) is 24.1 Å². The van der Waals surface area contributed by atoms with Gasteiger partial charge in [0.15, 0.2) is 0 Å². The Morgan fingerprint density at radius 1 is 0.349 bits per heavy atom. The maximum Gasteiger partial charge on any atom is 0.414 e. The SMILES string of the molecule is CC(C)[C@@H]1CC[C@]2(NC(=O)OCCN(C)C)CC[C@]3(C)[C@H](CC[C@@H]4[C@@]5(C)CC[C@@H](c6ccc(C(=O)O)cc6)C(C)(C)[C@@H]5CC[C@]43C)[C@@H]12.CC(C)[C@@H]1CC[C@]2(NC(=O)OCCN(C)C)CC[C@]3(C)[C@H](CC[C@@H]4[C@@]5(C)CC[C@H](c6ccc(C(=O)O)cc6)C(C)(C)[C@@H]5CC[C@]43C)[C@@H]12.CN(C)CCO.COC(=O)c1ccc(C2CC[C@]3(C)[C@H]4CC[C@@H]5[C@H]6[C@H](C(C)C)CC[C@]6(NC(=O)Oc6ccccn6)CC[C@@]5(C)[C@]4(C)CC[C@H]3C2(C)C)cc1. The lowest BCUT2D eigenvalue weighted by Gasteiger charge is -2.73. The lowest BCUT2D eigenvalue weighted by atomic mass is 9.32. The Kier molecular flexibility index (Phi) is 32.8. The van der Waals surface area contributed by atoms with Crippen LogP contribution in [0.5, 0.6) is 5.88 Å². The zero-order valence-electron chi connectivity index (χ0n) is 97.5. The molecule has 19 rings (SSSR count). The molecule has 3 aromatic carbocycles. The van der Waals surface area contributed by atoms with E-state index in [9.17, 15) is 39.0 Å². The van der Waals surface area contributed by atoms with Gasteiger partial charge in [-0.05, 0) is 483 Å². The highest BCUT2D eigenvalue weighted by Gasteiger charge is 2.77. The van der Waals surface area contributed by atoms with Crippen LogP contribution in [0.4, 0.5) is 14.4 Å². The number of amides is 3. The van der Waals surface area contributed by atoms with E-state index < -0.39 is 11.9 Å². The summed E-state index contributed by atoms with van der Waals surface area (Å²) in [5.41, 5.74) is 7.71. The van der Waals surface area contributed by atoms with Gasteiger partial charge in [-0.25, -0.2) is 33.8 Å². The lowest BCUT2D eigenvalue weighted by molar-refractivity contribution is -0.235. The van der Waals surface area contributed by atoms with Crippen LogP contribution in [0.25, 0.3) is 0 Å². The van der Waals surface area contributed by atoms with Gasteiger partial charge in [0.25, 0.3) is 0 Å². The smallest absolute Gasteiger partial charge is 0.414 e. The molecule has 0 aliphatic heterocycles. The molecule has 20 heteroatoms. The van der Waals surface area contributed by atoms with E-state index in [2.05, 4.69) is 213 Å². The molecule has 20 nitrogen and oxygen atoms in total. The molecule has 15 fully saturated rings. The molecular weight excluding hydrogens is 1860 g/mol. The number of aliphatic hydroxyl groups is 1. The largest absolute Gasteiger partial charge is 0.478 e. The molecule has 15 aliphatic carbocycles. The van der Waals surface area contributed by atoms with Gasteiger partial charge in [-0.3, -0.25) is 0 Å². The Morgan fingerprint density at radius 2 is 0.658 bits per heavy atom. The van der Waals surface area contributed by atoms with Crippen LogP contribution in [0.2, 0.25) is 0 Å². The molecule has 1 aromatic heterocycles. The number of rotatable bonds is 21. The minimum Gasteiger partial charge on any atom is -0.478 e. The molecule has 30 atom stereocenters. The summed E-state index contributed by atoms with van der Waals surface area (Å²) in [6.45, 7) is 57.1. The number of fused-ring (bicyclic) bond motifs is 21. The first-order chi connectivity index (χ1) is 70.0. The summed E-state index contributed by atoms with van der Waals surface area (Å²) in [7, 11) is 13.4. The maximum atomic E-state index is 13.5. The number of aliphatic hydroxyl groups excluding tert-OH is 1. The summed E-state index contributed by atoms with van der Waals surface area (Å²) in [5, 5.41) is 37.8. The molecule has 0 bridgehead atoms. The van der Waals surface area contributed by atoms with Crippen molar-refractivity contribution in [3.8, 4) is 5.88 Å². The van der Waals surface area contributed by atoms with Crippen LogP contribution in [0.1, 0.15) is 404 Å². The van der Waals surface area contributed by atoms with Crippen molar-refractivity contribution in [3.05, 3.63) is 131 Å². The van der Waals surface area contributed by atoms with Crippen molar-refractivity contribution >= 4 is 36.2 Å². The number of carboxylic acids is 2. The van der Waals surface area contributed by atoms with Crippen LogP contribution < -0.4 is 20.7 Å². The first-order valence-electron chi connectivity index (χ1n) is 59.2. The van der Waals surface area contributed by atoms with Crippen molar-refractivity contribution in [1.82, 2.24) is 35.6 Å². The van der Waals surface area contributed by atoms with Crippen molar-refractivity contribution in [2.24, 2.45) is 172 Å². The van der Waals surface area contributed by atoms with Crippen LogP contribution >= 0.6 is 0 Å². The third kappa shape index (κ3) is 19.9. The van der Waals surface area contributed by atoms with Crippen LogP contribution in [0, 0.1) is 172 Å². The highest BCUT2D eigenvalue weighted by atomic mass is 16.6. The molecule has 149 heavy (non-hydrogen) atoms. The number of carbonyl (C=O) groups excluding carboxylic acids is 4. The van der Waals surface area contributed by atoms with Gasteiger partial charge < -0.3 is 64.9 Å². The van der Waals surface area contributed by atoms with Gasteiger partial charge >= 0.3 is 36.2 Å². The van der Waals surface area contributed by atoms with Crippen molar-refractivity contribution < 1.29 is 63.0 Å². The standard InChI is InChI=1S/C43H60N2O4.2C41H64N2O4.C4H11NO/c1-27(2)30-18-23-43(45-38(47)49-35-11-9-10-26-44-35)25-24-41(6)32(36(30)43)16-17-34-40(5)21-19-31(28-12-14-29(15-13-28)37(46)48-8)39(3,4)33(40)20-22-42(34,41)7;2*1-26(2)29-16-21-41(42-36(46)47-25-24-43(8)9)23-22-39(6)31(34(29)41)14-15-33-38(5)19-17-30(27-10-12-28(13-11-27)35(44)45)37(3,4)32(38)18-20-40(33,39)7;1-5(2)3-4-6/h9-15,26-27,30-34,36H,16-25H2,1-8H3,(H,45,47);2*10-13,26,29-34H,14-25H2,1-9H3,(H,42,46)(H,44,45);6H,3-4H2,1-2H3/t30-,31?,32+,33-,34+,36+,40-,41+,42+,43-;29-,30+,31+,32-,33+,34+,38-,39+,40+,41-;29-,30-,31+,32-,33+,34+,38-,39+,40+,41-;/m000./s1. The highest BCUT2D eigenvalue weighted by molar-refractivity contribution is 5.89. The van der Waals surface area contributed by atoms with Crippen LogP contribution in [-0.4, -0.2) is 177 Å². The summed E-state index contributed by atoms with van der Waals surface area (Å²) in [6, 6.07) is 29.3. The lowest BCUT2D eigenvalue weighted by Crippen LogP contribution is -2.69. The van der Waals surface area contributed by atoms with E-state index in [0.29, 0.717) is 165 Å².